The molecule has 1 amide bonds. The Bertz CT molecular complexity index is 557. The van der Waals surface area contributed by atoms with Crippen LogP contribution in [0.2, 0.25) is 0 Å². The maximum atomic E-state index is 12.3. The molecule has 0 aliphatic carbocycles. The topological polar surface area (TPSA) is 42.2 Å². The highest BCUT2D eigenvalue weighted by Gasteiger charge is 2.19. The molecule has 0 aliphatic rings. The van der Waals surface area contributed by atoms with E-state index in [-0.39, 0.29) is 11.9 Å². The third-order valence-electron chi connectivity index (χ3n) is 3.32. The molecule has 2 rings (SSSR count). The third-order valence-corrected chi connectivity index (χ3v) is 3.32. The average Bonchev–Trinajstić information content (AvgIpc) is 2.85. The van der Waals surface area contributed by atoms with Crippen LogP contribution in [0, 0.1) is 12.8 Å². The van der Waals surface area contributed by atoms with E-state index in [1.807, 2.05) is 18.2 Å². The summed E-state index contributed by atoms with van der Waals surface area (Å²) in [4.78, 5) is 12.3. The van der Waals surface area contributed by atoms with Crippen LogP contribution >= 0.6 is 0 Å². The molecule has 0 fully saturated rings. The fraction of sp³-hybridized carbons (Fsp3) is 0.353. The van der Waals surface area contributed by atoms with E-state index in [2.05, 4.69) is 31.3 Å². The Balaban J connectivity index is 2.16. The van der Waals surface area contributed by atoms with Crippen molar-refractivity contribution < 1.29 is 9.21 Å². The quantitative estimate of drug-likeness (QED) is 0.889. The number of benzene rings is 1. The van der Waals surface area contributed by atoms with E-state index >= 15 is 0 Å². The zero-order valence-corrected chi connectivity index (χ0v) is 12.2. The van der Waals surface area contributed by atoms with Crippen LogP contribution in [0.4, 0.5) is 0 Å². The van der Waals surface area contributed by atoms with Gasteiger partial charge in [-0.05, 0) is 30.9 Å². The van der Waals surface area contributed by atoms with Gasteiger partial charge in [-0.15, -0.1) is 0 Å². The Kier molecular flexibility index (Phi) is 4.61. The van der Waals surface area contributed by atoms with Gasteiger partial charge in [0.2, 0.25) is 0 Å². The first kappa shape index (κ1) is 14.4. The predicted molar refractivity (Wildman–Crippen MR) is 79.5 cm³/mol. The molecule has 0 radical (unpaired) electrons. The van der Waals surface area contributed by atoms with Crippen molar-refractivity contribution in [3.63, 3.8) is 0 Å². The molecule has 2 aromatic rings. The monoisotopic (exact) mass is 271 g/mol. The molecule has 3 heteroatoms. The SMILES string of the molecule is Cc1occc1C(=O)NC(CC(C)C)c1ccccc1. The zero-order valence-electron chi connectivity index (χ0n) is 12.2. The normalized spacial score (nSPS) is 12.4. The van der Waals surface area contributed by atoms with Gasteiger partial charge in [-0.1, -0.05) is 44.2 Å². The first-order valence-electron chi connectivity index (χ1n) is 6.98. The van der Waals surface area contributed by atoms with Crippen LogP contribution in [-0.4, -0.2) is 5.91 Å². The molecule has 0 spiro atoms. The fourth-order valence-electron chi connectivity index (χ4n) is 2.29. The predicted octanol–water partition coefficient (Wildman–Crippen LogP) is 4.11. The lowest BCUT2D eigenvalue weighted by molar-refractivity contribution is 0.0930. The van der Waals surface area contributed by atoms with Gasteiger partial charge in [0, 0.05) is 0 Å². The van der Waals surface area contributed by atoms with Crippen molar-refractivity contribution in [2.75, 3.05) is 0 Å². The minimum absolute atomic E-state index is 0.0259. The first-order valence-corrected chi connectivity index (χ1v) is 6.98. The van der Waals surface area contributed by atoms with Crippen LogP contribution < -0.4 is 5.32 Å². The van der Waals surface area contributed by atoms with Gasteiger partial charge in [0.1, 0.15) is 5.76 Å². The minimum atomic E-state index is -0.0780. The molecule has 0 saturated heterocycles. The standard InChI is InChI=1S/C17H21NO2/c1-12(2)11-16(14-7-5-4-6-8-14)18-17(19)15-9-10-20-13(15)3/h4-10,12,16H,11H2,1-3H3,(H,18,19). The lowest BCUT2D eigenvalue weighted by Crippen LogP contribution is -2.29. The summed E-state index contributed by atoms with van der Waals surface area (Å²) in [5, 5.41) is 3.11. The molecule has 0 bridgehead atoms. The number of hydrogen-bond acceptors (Lipinski definition) is 2. The number of nitrogens with one attached hydrogen (secondary N) is 1. The van der Waals surface area contributed by atoms with Crippen LogP contribution in [0.3, 0.4) is 0 Å². The maximum Gasteiger partial charge on any atom is 0.255 e. The van der Waals surface area contributed by atoms with Crippen molar-refractivity contribution >= 4 is 5.91 Å². The van der Waals surface area contributed by atoms with E-state index in [4.69, 9.17) is 4.42 Å². The van der Waals surface area contributed by atoms with E-state index in [9.17, 15) is 4.79 Å². The average molecular weight is 271 g/mol. The lowest BCUT2D eigenvalue weighted by Gasteiger charge is -2.21. The first-order chi connectivity index (χ1) is 9.58. The molecule has 1 N–H and O–H groups in total. The Labute approximate surface area is 120 Å². The molecule has 0 aliphatic heterocycles. The molecule has 1 atom stereocenters. The van der Waals surface area contributed by atoms with Gasteiger partial charge in [-0.3, -0.25) is 4.79 Å². The molecule has 1 unspecified atom stereocenters. The second-order valence-electron chi connectivity index (χ2n) is 5.46. The summed E-state index contributed by atoms with van der Waals surface area (Å²) < 4.78 is 5.19. The minimum Gasteiger partial charge on any atom is -0.469 e. The summed E-state index contributed by atoms with van der Waals surface area (Å²) in [6, 6.07) is 11.8. The number of furan rings is 1. The van der Waals surface area contributed by atoms with Crippen LogP contribution in [0.5, 0.6) is 0 Å². The summed E-state index contributed by atoms with van der Waals surface area (Å²) in [5.74, 6) is 1.08. The van der Waals surface area contributed by atoms with Crippen molar-refractivity contribution in [3.8, 4) is 0 Å². The van der Waals surface area contributed by atoms with Gasteiger partial charge in [0.25, 0.3) is 5.91 Å². The summed E-state index contributed by atoms with van der Waals surface area (Å²) in [6.45, 7) is 6.12. The van der Waals surface area contributed by atoms with Crippen LogP contribution in [0.1, 0.15) is 48.0 Å². The third kappa shape index (κ3) is 3.50. The van der Waals surface area contributed by atoms with Crippen LogP contribution in [0.25, 0.3) is 0 Å². The Morgan fingerprint density at radius 1 is 1.20 bits per heavy atom. The lowest BCUT2D eigenvalue weighted by atomic mass is 9.96. The highest BCUT2D eigenvalue weighted by molar-refractivity contribution is 5.95. The van der Waals surface area contributed by atoms with E-state index in [1.54, 1.807) is 19.3 Å². The van der Waals surface area contributed by atoms with Crippen molar-refractivity contribution in [1.82, 2.24) is 5.32 Å². The molecule has 1 aromatic heterocycles. The molecule has 1 aromatic carbocycles. The second kappa shape index (κ2) is 6.42. The largest absolute Gasteiger partial charge is 0.469 e. The van der Waals surface area contributed by atoms with Crippen molar-refractivity contribution in [2.45, 2.75) is 33.2 Å². The number of carbonyl (C=O) groups is 1. The van der Waals surface area contributed by atoms with E-state index in [0.29, 0.717) is 17.2 Å². The van der Waals surface area contributed by atoms with Gasteiger partial charge < -0.3 is 9.73 Å². The van der Waals surface area contributed by atoms with Gasteiger partial charge in [-0.25, -0.2) is 0 Å². The van der Waals surface area contributed by atoms with Crippen molar-refractivity contribution in [3.05, 3.63) is 59.5 Å². The van der Waals surface area contributed by atoms with Crippen molar-refractivity contribution in [2.24, 2.45) is 5.92 Å². The van der Waals surface area contributed by atoms with E-state index in [1.165, 1.54) is 0 Å². The molecule has 3 nitrogen and oxygen atoms in total. The van der Waals surface area contributed by atoms with Gasteiger partial charge in [0.15, 0.2) is 0 Å². The molecule has 0 saturated carbocycles. The maximum absolute atomic E-state index is 12.3. The molecule has 1 heterocycles. The Morgan fingerprint density at radius 3 is 2.45 bits per heavy atom. The summed E-state index contributed by atoms with van der Waals surface area (Å²) >= 11 is 0. The zero-order chi connectivity index (χ0) is 14.5. The molecular weight excluding hydrogens is 250 g/mol. The highest BCUT2D eigenvalue weighted by atomic mass is 16.3. The van der Waals surface area contributed by atoms with Gasteiger partial charge in [0.05, 0.1) is 17.9 Å². The number of carbonyl (C=O) groups excluding carboxylic acids is 1. The van der Waals surface area contributed by atoms with Crippen molar-refractivity contribution in [1.29, 1.82) is 0 Å². The summed E-state index contributed by atoms with van der Waals surface area (Å²) in [6.07, 6.45) is 2.46. The van der Waals surface area contributed by atoms with Crippen LogP contribution in [-0.2, 0) is 0 Å². The smallest absolute Gasteiger partial charge is 0.255 e. The van der Waals surface area contributed by atoms with Gasteiger partial charge in [-0.2, -0.15) is 0 Å². The van der Waals surface area contributed by atoms with Crippen LogP contribution in [0.15, 0.2) is 47.1 Å². The van der Waals surface area contributed by atoms with E-state index in [0.717, 1.165) is 12.0 Å². The molecular formula is C17H21NO2. The Hall–Kier alpha value is -2.03. The van der Waals surface area contributed by atoms with Gasteiger partial charge >= 0.3 is 0 Å². The summed E-state index contributed by atoms with van der Waals surface area (Å²) in [7, 11) is 0. The molecule has 106 valence electrons. The highest BCUT2D eigenvalue weighted by Crippen LogP contribution is 2.22. The number of rotatable bonds is 5. The summed E-state index contributed by atoms with van der Waals surface area (Å²) in [5.41, 5.74) is 1.74. The number of aryl methyl sites for hydroxylation is 1. The number of hydrogen-bond donors (Lipinski definition) is 1. The molecule has 20 heavy (non-hydrogen) atoms. The Morgan fingerprint density at radius 2 is 1.90 bits per heavy atom. The number of amides is 1. The van der Waals surface area contributed by atoms with E-state index < -0.39 is 0 Å². The fourth-order valence-corrected chi connectivity index (χ4v) is 2.29. The second-order valence-corrected chi connectivity index (χ2v) is 5.46.